The van der Waals surface area contributed by atoms with Crippen molar-refractivity contribution in [1.82, 2.24) is 14.5 Å². The van der Waals surface area contributed by atoms with E-state index in [0.717, 1.165) is 32.6 Å². The lowest BCUT2D eigenvalue weighted by Crippen LogP contribution is -2.35. The van der Waals surface area contributed by atoms with Gasteiger partial charge in [0.2, 0.25) is 15.9 Å². The van der Waals surface area contributed by atoms with E-state index in [1.807, 2.05) is 0 Å². The largest absolute Gasteiger partial charge is 0.325 e. The second kappa shape index (κ2) is 9.49. The summed E-state index contributed by atoms with van der Waals surface area (Å²) in [4.78, 5) is 14.6. The van der Waals surface area contributed by atoms with Gasteiger partial charge < -0.3 is 10.6 Å². The molecule has 9 heteroatoms. The Labute approximate surface area is 156 Å². The third-order valence-electron chi connectivity index (χ3n) is 4.03. The molecule has 1 aromatic carbocycles. The minimum atomic E-state index is -3.53. The van der Waals surface area contributed by atoms with E-state index in [9.17, 15) is 13.2 Å². The van der Waals surface area contributed by atoms with Gasteiger partial charge in [0, 0.05) is 32.9 Å². The highest BCUT2D eigenvalue weighted by Crippen LogP contribution is 2.22. The van der Waals surface area contributed by atoms with Gasteiger partial charge in [-0.25, -0.2) is 12.7 Å². The molecule has 2 rings (SSSR count). The Hall–Kier alpha value is -1.19. The lowest BCUT2D eigenvalue weighted by atomic mass is 10.2. The van der Waals surface area contributed by atoms with Gasteiger partial charge in [0.25, 0.3) is 0 Å². The summed E-state index contributed by atoms with van der Waals surface area (Å²) in [6, 6.07) is 4.96. The summed E-state index contributed by atoms with van der Waals surface area (Å²) >= 11 is 0. The average molecular weight is 391 g/mol. The second-order valence-corrected chi connectivity index (χ2v) is 8.32. The molecule has 0 spiro atoms. The topological polar surface area (TPSA) is 81.8 Å². The van der Waals surface area contributed by atoms with Crippen LogP contribution in [0.1, 0.15) is 12.0 Å². The van der Waals surface area contributed by atoms with Crippen LogP contribution in [-0.4, -0.2) is 70.3 Å². The van der Waals surface area contributed by atoms with Crippen LogP contribution in [0, 0.1) is 6.92 Å². The molecule has 1 fully saturated rings. The highest BCUT2D eigenvalue weighted by Gasteiger charge is 2.20. The number of amides is 1. The lowest BCUT2D eigenvalue weighted by Gasteiger charge is -2.19. The number of rotatable bonds is 5. The Bertz CT molecular complexity index is 687. The highest BCUT2D eigenvalue weighted by molar-refractivity contribution is 7.89. The Balaban J connectivity index is 0.00000312. The molecule has 0 saturated carbocycles. The zero-order valence-electron chi connectivity index (χ0n) is 14.9. The Morgan fingerprint density at radius 2 is 2.00 bits per heavy atom. The lowest BCUT2D eigenvalue weighted by molar-refractivity contribution is -0.117. The number of nitrogens with zero attached hydrogens (tertiary/aromatic N) is 2. The van der Waals surface area contributed by atoms with Crippen molar-refractivity contribution in [1.29, 1.82) is 0 Å². The van der Waals surface area contributed by atoms with Gasteiger partial charge in [-0.15, -0.1) is 12.4 Å². The van der Waals surface area contributed by atoms with Gasteiger partial charge >= 0.3 is 0 Å². The first-order valence-electron chi connectivity index (χ1n) is 8.07. The maximum Gasteiger partial charge on any atom is 0.242 e. The van der Waals surface area contributed by atoms with Crippen molar-refractivity contribution in [3.8, 4) is 0 Å². The van der Waals surface area contributed by atoms with Crippen LogP contribution < -0.4 is 10.6 Å². The zero-order chi connectivity index (χ0) is 17.7. The molecule has 25 heavy (non-hydrogen) atoms. The summed E-state index contributed by atoms with van der Waals surface area (Å²) in [5, 5.41) is 6.10. The van der Waals surface area contributed by atoms with Crippen LogP contribution in [0.5, 0.6) is 0 Å². The third-order valence-corrected chi connectivity index (χ3v) is 5.99. The molecule has 1 aromatic rings. The van der Waals surface area contributed by atoms with Crippen LogP contribution in [0.3, 0.4) is 0 Å². The van der Waals surface area contributed by atoms with E-state index < -0.39 is 10.0 Å². The van der Waals surface area contributed by atoms with E-state index in [4.69, 9.17) is 0 Å². The Kier molecular flexibility index (Phi) is 8.30. The molecule has 1 amide bonds. The average Bonchev–Trinajstić information content (AvgIpc) is 2.77. The molecule has 1 heterocycles. The molecular formula is C16H27ClN4O3S. The van der Waals surface area contributed by atoms with E-state index in [1.165, 1.54) is 24.5 Å². The molecule has 142 valence electrons. The van der Waals surface area contributed by atoms with Crippen LogP contribution in [0.4, 0.5) is 5.69 Å². The predicted molar refractivity (Wildman–Crippen MR) is 102 cm³/mol. The van der Waals surface area contributed by atoms with Crippen molar-refractivity contribution in [3.05, 3.63) is 23.8 Å². The van der Waals surface area contributed by atoms with E-state index in [-0.39, 0.29) is 23.2 Å². The monoisotopic (exact) mass is 390 g/mol. The number of sulfonamides is 1. The van der Waals surface area contributed by atoms with Crippen molar-refractivity contribution in [3.63, 3.8) is 0 Å². The van der Waals surface area contributed by atoms with Crippen LogP contribution in [0.2, 0.25) is 0 Å². The van der Waals surface area contributed by atoms with Gasteiger partial charge in [-0.1, -0.05) is 6.07 Å². The summed E-state index contributed by atoms with van der Waals surface area (Å²) in [6.07, 6.45) is 1.02. The maximum atomic E-state index is 12.3. The minimum absolute atomic E-state index is 0. The fourth-order valence-electron chi connectivity index (χ4n) is 2.62. The molecular weight excluding hydrogens is 364 g/mol. The fourth-order valence-corrected chi connectivity index (χ4v) is 3.76. The van der Waals surface area contributed by atoms with Crippen LogP contribution in [0.15, 0.2) is 23.1 Å². The van der Waals surface area contributed by atoms with Crippen LogP contribution >= 0.6 is 12.4 Å². The summed E-state index contributed by atoms with van der Waals surface area (Å²) in [7, 11) is -0.548. The quantitative estimate of drug-likeness (QED) is 0.780. The van der Waals surface area contributed by atoms with Crippen molar-refractivity contribution in [2.45, 2.75) is 18.2 Å². The summed E-state index contributed by atoms with van der Waals surface area (Å²) in [5.41, 5.74) is 1.15. The standard InChI is InChI=1S/C16H26N4O3S.ClH/c1-13-5-6-14(11-15(13)24(22,23)19(2)3)18-16(21)12-20-9-4-7-17-8-10-20;/h5-6,11,17H,4,7-10,12H2,1-3H3,(H,18,21);1H. The predicted octanol–water partition coefficient (Wildman–Crippen LogP) is 0.901. The van der Waals surface area contributed by atoms with Crippen molar-refractivity contribution < 1.29 is 13.2 Å². The molecule has 1 aliphatic rings. The fraction of sp³-hybridized carbons (Fsp3) is 0.562. The van der Waals surface area contributed by atoms with Gasteiger partial charge in [-0.2, -0.15) is 0 Å². The summed E-state index contributed by atoms with van der Waals surface area (Å²) < 4.78 is 25.9. The molecule has 1 saturated heterocycles. The summed E-state index contributed by atoms with van der Waals surface area (Å²) in [5.74, 6) is -0.131. The van der Waals surface area contributed by atoms with Gasteiger partial charge in [-0.05, 0) is 44.1 Å². The number of carbonyl (C=O) groups excluding carboxylic acids is 1. The normalized spacial score (nSPS) is 16.2. The number of hydrogen-bond donors (Lipinski definition) is 2. The summed E-state index contributed by atoms with van der Waals surface area (Å²) in [6.45, 7) is 5.62. The maximum absolute atomic E-state index is 12.3. The second-order valence-electron chi connectivity index (χ2n) is 6.20. The van der Waals surface area contributed by atoms with Gasteiger partial charge in [-0.3, -0.25) is 9.69 Å². The number of nitrogens with one attached hydrogen (secondary N) is 2. The Morgan fingerprint density at radius 1 is 1.28 bits per heavy atom. The van der Waals surface area contributed by atoms with Crippen molar-refractivity contribution in [2.75, 3.05) is 52.1 Å². The number of benzene rings is 1. The van der Waals surface area contributed by atoms with E-state index in [2.05, 4.69) is 15.5 Å². The van der Waals surface area contributed by atoms with Crippen LogP contribution in [-0.2, 0) is 14.8 Å². The van der Waals surface area contributed by atoms with Gasteiger partial charge in [0.1, 0.15) is 0 Å². The van der Waals surface area contributed by atoms with Gasteiger partial charge in [0.15, 0.2) is 0 Å². The number of carbonyl (C=O) groups is 1. The number of hydrogen-bond acceptors (Lipinski definition) is 5. The van der Waals surface area contributed by atoms with E-state index in [0.29, 0.717) is 17.8 Å². The first-order chi connectivity index (χ1) is 11.3. The molecule has 0 radical (unpaired) electrons. The molecule has 0 aliphatic carbocycles. The third kappa shape index (κ3) is 5.93. The first-order valence-corrected chi connectivity index (χ1v) is 9.51. The molecule has 2 N–H and O–H groups in total. The molecule has 0 bridgehead atoms. The molecule has 0 aromatic heterocycles. The molecule has 1 aliphatic heterocycles. The van der Waals surface area contributed by atoms with Crippen LogP contribution in [0.25, 0.3) is 0 Å². The van der Waals surface area contributed by atoms with Crippen molar-refractivity contribution in [2.24, 2.45) is 0 Å². The van der Waals surface area contributed by atoms with E-state index >= 15 is 0 Å². The Morgan fingerprint density at radius 3 is 2.68 bits per heavy atom. The van der Waals surface area contributed by atoms with E-state index in [1.54, 1.807) is 19.1 Å². The SMILES string of the molecule is Cc1ccc(NC(=O)CN2CCCNCC2)cc1S(=O)(=O)N(C)C.Cl. The molecule has 7 nitrogen and oxygen atoms in total. The van der Waals surface area contributed by atoms with Gasteiger partial charge in [0.05, 0.1) is 11.4 Å². The molecule has 0 unspecified atom stereocenters. The number of halogens is 1. The highest BCUT2D eigenvalue weighted by atomic mass is 35.5. The smallest absolute Gasteiger partial charge is 0.242 e. The minimum Gasteiger partial charge on any atom is -0.325 e. The number of aryl methyl sites for hydroxylation is 1. The molecule has 0 atom stereocenters. The first kappa shape index (κ1) is 21.9. The van der Waals surface area contributed by atoms with Crippen molar-refractivity contribution >= 4 is 34.0 Å². The zero-order valence-corrected chi connectivity index (χ0v) is 16.5. The number of anilines is 1.